The summed E-state index contributed by atoms with van der Waals surface area (Å²) < 4.78 is 12.4. The van der Waals surface area contributed by atoms with E-state index in [4.69, 9.17) is 9.15 Å². The first kappa shape index (κ1) is 16.7. The second-order valence-electron chi connectivity index (χ2n) is 5.74. The van der Waals surface area contributed by atoms with Crippen LogP contribution in [0, 0.1) is 13.8 Å². The number of anilines is 1. The van der Waals surface area contributed by atoms with Crippen molar-refractivity contribution in [2.45, 2.75) is 20.3 Å². The zero-order valence-corrected chi connectivity index (χ0v) is 14.5. The molecule has 0 atom stereocenters. The number of hydrogen-bond acceptors (Lipinski definition) is 6. The van der Waals surface area contributed by atoms with Crippen molar-refractivity contribution < 1.29 is 13.9 Å². The predicted octanol–water partition coefficient (Wildman–Crippen LogP) is 2.28. The Morgan fingerprint density at radius 3 is 2.72 bits per heavy atom. The van der Waals surface area contributed by atoms with Crippen LogP contribution in [-0.2, 0) is 18.3 Å². The molecule has 0 fully saturated rings. The molecule has 2 heterocycles. The second-order valence-corrected chi connectivity index (χ2v) is 5.74. The van der Waals surface area contributed by atoms with Crippen LogP contribution in [0.3, 0.4) is 0 Å². The Bertz CT molecular complexity index is 893. The van der Waals surface area contributed by atoms with Gasteiger partial charge in [0.1, 0.15) is 11.4 Å². The number of methoxy groups -OCH3 is 1. The molecule has 25 heavy (non-hydrogen) atoms. The Kier molecular flexibility index (Phi) is 4.51. The molecule has 3 aromatic rings. The molecule has 8 heteroatoms. The van der Waals surface area contributed by atoms with Crippen LogP contribution in [-0.4, -0.2) is 33.0 Å². The molecule has 0 spiro atoms. The number of hydrogen-bond donors (Lipinski definition) is 1. The van der Waals surface area contributed by atoms with E-state index in [1.54, 1.807) is 11.8 Å². The lowest BCUT2D eigenvalue weighted by Crippen LogP contribution is -2.14. The van der Waals surface area contributed by atoms with E-state index in [0.717, 1.165) is 22.6 Å². The van der Waals surface area contributed by atoms with E-state index < -0.39 is 0 Å². The van der Waals surface area contributed by atoms with Crippen molar-refractivity contribution in [3.05, 3.63) is 41.1 Å². The molecule has 1 amide bonds. The number of aryl methyl sites for hydroxylation is 3. The summed E-state index contributed by atoms with van der Waals surface area (Å²) in [6, 6.07) is 7.48. The highest BCUT2D eigenvalue weighted by Crippen LogP contribution is 2.20. The van der Waals surface area contributed by atoms with Crippen molar-refractivity contribution in [3.63, 3.8) is 0 Å². The fourth-order valence-electron chi connectivity index (χ4n) is 2.44. The van der Waals surface area contributed by atoms with E-state index in [1.165, 1.54) is 0 Å². The summed E-state index contributed by atoms with van der Waals surface area (Å²) in [6.45, 7) is 3.85. The largest absolute Gasteiger partial charge is 0.496 e. The van der Waals surface area contributed by atoms with E-state index >= 15 is 0 Å². The molecule has 0 unspecified atom stereocenters. The van der Waals surface area contributed by atoms with Gasteiger partial charge in [0.25, 0.3) is 5.89 Å². The highest BCUT2D eigenvalue weighted by atomic mass is 16.5. The molecule has 0 saturated heterocycles. The number of amides is 1. The van der Waals surface area contributed by atoms with Gasteiger partial charge in [-0.3, -0.25) is 14.8 Å². The van der Waals surface area contributed by atoms with Crippen molar-refractivity contribution in [3.8, 4) is 17.3 Å². The smallest absolute Gasteiger partial charge is 0.322 e. The standard InChI is InChI=1S/C17H19N5O3/c1-10-7-12(5-6-14(10)24-4)9-15(23)18-17-20-19-16(25-17)13-8-11(2)22(3)21-13/h5-8H,9H2,1-4H3,(H,18,20,23). The number of aromatic nitrogens is 4. The first-order valence-corrected chi connectivity index (χ1v) is 7.74. The van der Waals surface area contributed by atoms with Crippen LogP contribution in [0.25, 0.3) is 11.6 Å². The first-order valence-electron chi connectivity index (χ1n) is 7.74. The fourth-order valence-corrected chi connectivity index (χ4v) is 2.44. The summed E-state index contributed by atoms with van der Waals surface area (Å²) in [4.78, 5) is 12.2. The van der Waals surface area contributed by atoms with Gasteiger partial charge in [-0.15, -0.1) is 5.10 Å². The average molecular weight is 341 g/mol. The second kappa shape index (κ2) is 6.76. The predicted molar refractivity (Wildman–Crippen MR) is 91.3 cm³/mol. The summed E-state index contributed by atoms with van der Waals surface area (Å²) >= 11 is 0. The molecule has 8 nitrogen and oxygen atoms in total. The molecular weight excluding hydrogens is 322 g/mol. The van der Waals surface area contributed by atoms with Crippen LogP contribution in [0.2, 0.25) is 0 Å². The van der Waals surface area contributed by atoms with Crippen molar-refractivity contribution in [2.24, 2.45) is 7.05 Å². The first-order chi connectivity index (χ1) is 12.0. The Labute approximate surface area is 144 Å². The third-order valence-electron chi connectivity index (χ3n) is 3.83. The number of rotatable bonds is 5. The molecular formula is C17H19N5O3. The maximum absolute atomic E-state index is 12.2. The molecule has 0 aliphatic heterocycles. The summed E-state index contributed by atoms with van der Waals surface area (Å²) in [5, 5.41) is 14.6. The number of carbonyl (C=O) groups is 1. The highest BCUT2D eigenvalue weighted by molar-refractivity contribution is 5.90. The molecule has 130 valence electrons. The molecule has 0 aliphatic carbocycles. The van der Waals surface area contributed by atoms with Crippen LogP contribution in [0.5, 0.6) is 5.75 Å². The molecule has 3 rings (SSSR count). The van der Waals surface area contributed by atoms with Crippen molar-refractivity contribution in [1.82, 2.24) is 20.0 Å². The van der Waals surface area contributed by atoms with Gasteiger partial charge in [0, 0.05) is 12.7 Å². The van der Waals surface area contributed by atoms with Gasteiger partial charge in [0.05, 0.1) is 13.5 Å². The van der Waals surface area contributed by atoms with Gasteiger partial charge in [0.15, 0.2) is 0 Å². The summed E-state index contributed by atoms with van der Waals surface area (Å²) in [5.41, 5.74) is 3.38. The third-order valence-corrected chi connectivity index (χ3v) is 3.83. The summed E-state index contributed by atoms with van der Waals surface area (Å²) in [7, 11) is 3.44. The molecule has 0 bridgehead atoms. The van der Waals surface area contributed by atoms with Gasteiger partial charge in [-0.1, -0.05) is 17.2 Å². The van der Waals surface area contributed by atoms with E-state index in [9.17, 15) is 4.79 Å². The third kappa shape index (κ3) is 3.68. The van der Waals surface area contributed by atoms with Gasteiger partial charge in [-0.25, -0.2) is 0 Å². The summed E-state index contributed by atoms with van der Waals surface area (Å²) in [6.07, 6.45) is 0.200. The number of benzene rings is 1. The lowest BCUT2D eigenvalue weighted by Gasteiger charge is -2.06. The van der Waals surface area contributed by atoms with Crippen LogP contribution in [0.15, 0.2) is 28.7 Å². The monoisotopic (exact) mass is 341 g/mol. The van der Waals surface area contributed by atoms with Crippen molar-refractivity contribution in [1.29, 1.82) is 0 Å². The Morgan fingerprint density at radius 2 is 2.08 bits per heavy atom. The van der Waals surface area contributed by atoms with Gasteiger partial charge >= 0.3 is 6.01 Å². The maximum Gasteiger partial charge on any atom is 0.322 e. The lowest BCUT2D eigenvalue weighted by molar-refractivity contribution is -0.115. The minimum Gasteiger partial charge on any atom is -0.496 e. The highest BCUT2D eigenvalue weighted by Gasteiger charge is 2.15. The number of nitrogens with zero attached hydrogens (tertiary/aromatic N) is 4. The van der Waals surface area contributed by atoms with Crippen LogP contribution < -0.4 is 10.1 Å². The quantitative estimate of drug-likeness (QED) is 0.765. The van der Waals surface area contributed by atoms with E-state index in [1.807, 2.05) is 45.2 Å². The van der Waals surface area contributed by atoms with Gasteiger partial charge in [-0.05, 0) is 37.1 Å². The zero-order valence-electron chi connectivity index (χ0n) is 14.5. The van der Waals surface area contributed by atoms with E-state index in [2.05, 4.69) is 20.6 Å². The van der Waals surface area contributed by atoms with Crippen molar-refractivity contribution >= 4 is 11.9 Å². The molecule has 0 saturated carbocycles. The molecule has 0 radical (unpaired) electrons. The molecule has 1 N–H and O–H groups in total. The van der Waals surface area contributed by atoms with E-state index in [0.29, 0.717) is 5.69 Å². The maximum atomic E-state index is 12.2. The van der Waals surface area contributed by atoms with E-state index in [-0.39, 0.29) is 24.2 Å². The molecule has 1 aromatic carbocycles. The fraction of sp³-hybridized carbons (Fsp3) is 0.294. The normalized spacial score (nSPS) is 10.7. The topological polar surface area (TPSA) is 95.1 Å². The minimum absolute atomic E-state index is 0.0496. The van der Waals surface area contributed by atoms with Gasteiger partial charge < -0.3 is 9.15 Å². The minimum atomic E-state index is -0.239. The van der Waals surface area contributed by atoms with Crippen LogP contribution >= 0.6 is 0 Å². The number of carbonyl (C=O) groups excluding carboxylic acids is 1. The lowest BCUT2D eigenvalue weighted by atomic mass is 10.1. The van der Waals surface area contributed by atoms with Crippen LogP contribution in [0.4, 0.5) is 6.01 Å². The Morgan fingerprint density at radius 1 is 1.28 bits per heavy atom. The van der Waals surface area contributed by atoms with Gasteiger partial charge in [0.2, 0.25) is 5.91 Å². The van der Waals surface area contributed by atoms with Crippen LogP contribution in [0.1, 0.15) is 16.8 Å². The van der Waals surface area contributed by atoms with Gasteiger partial charge in [-0.2, -0.15) is 5.10 Å². The molecule has 2 aromatic heterocycles. The zero-order chi connectivity index (χ0) is 18.0. The number of nitrogens with one attached hydrogen (secondary N) is 1. The van der Waals surface area contributed by atoms with Crippen molar-refractivity contribution in [2.75, 3.05) is 12.4 Å². The SMILES string of the molecule is COc1ccc(CC(=O)Nc2nnc(-c3cc(C)n(C)n3)o2)cc1C. The average Bonchev–Trinajstić information content (AvgIpc) is 3.15. The molecule has 0 aliphatic rings. The Hall–Kier alpha value is -3.16. The number of ether oxygens (including phenoxy) is 1. The summed E-state index contributed by atoms with van der Waals surface area (Å²) in [5.74, 6) is 0.813. The Balaban J connectivity index is 1.66.